The topological polar surface area (TPSA) is 12.4 Å². The zero-order chi connectivity index (χ0) is 16.3. The first-order chi connectivity index (χ1) is 11.1. The van der Waals surface area contributed by atoms with Crippen LogP contribution >= 0.6 is 0 Å². The molecular formula is C21H20FN. The summed E-state index contributed by atoms with van der Waals surface area (Å²) in [5.74, 6) is -0.212. The van der Waals surface area contributed by atoms with Crippen molar-refractivity contribution in [1.29, 1.82) is 0 Å². The number of allylic oxidation sites excluding steroid dienone is 1. The molecule has 116 valence electrons. The monoisotopic (exact) mass is 305 g/mol. The third kappa shape index (κ3) is 3.48. The summed E-state index contributed by atoms with van der Waals surface area (Å²) >= 11 is 0. The molecule has 23 heavy (non-hydrogen) atoms. The van der Waals surface area contributed by atoms with Crippen LogP contribution in [0.4, 0.5) is 4.39 Å². The van der Waals surface area contributed by atoms with Crippen LogP contribution in [0.25, 0.3) is 11.6 Å². The summed E-state index contributed by atoms with van der Waals surface area (Å²) in [5, 5.41) is 0. The van der Waals surface area contributed by atoms with Gasteiger partial charge < -0.3 is 0 Å². The van der Waals surface area contributed by atoms with Crippen molar-refractivity contribution in [3.05, 3.63) is 83.7 Å². The van der Waals surface area contributed by atoms with Gasteiger partial charge in [-0.25, -0.2) is 4.39 Å². The molecule has 0 fully saturated rings. The van der Waals surface area contributed by atoms with E-state index in [-0.39, 0.29) is 11.4 Å². The van der Waals surface area contributed by atoms with Crippen LogP contribution in [0.15, 0.2) is 71.7 Å². The second-order valence-electron chi connectivity index (χ2n) is 6.11. The van der Waals surface area contributed by atoms with E-state index in [2.05, 4.69) is 37.3 Å². The van der Waals surface area contributed by atoms with Crippen molar-refractivity contribution >= 4 is 17.4 Å². The van der Waals surface area contributed by atoms with Crippen LogP contribution in [0.3, 0.4) is 0 Å². The van der Waals surface area contributed by atoms with Gasteiger partial charge >= 0.3 is 0 Å². The highest BCUT2D eigenvalue weighted by molar-refractivity contribution is 6.05. The Balaban J connectivity index is 1.82. The maximum absolute atomic E-state index is 13.2. The van der Waals surface area contributed by atoms with Crippen LogP contribution in [-0.2, 0) is 0 Å². The molecule has 1 nitrogen and oxygen atoms in total. The van der Waals surface area contributed by atoms with Gasteiger partial charge in [0.2, 0.25) is 0 Å². The summed E-state index contributed by atoms with van der Waals surface area (Å²) in [5.41, 5.74) is 4.07. The van der Waals surface area contributed by atoms with Crippen LogP contribution in [0, 0.1) is 5.82 Å². The van der Waals surface area contributed by atoms with Gasteiger partial charge in [-0.15, -0.1) is 0 Å². The molecule has 3 rings (SSSR count). The Hall–Kier alpha value is -2.48. The predicted octanol–water partition coefficient (Wildman–Crippen LogP) is 5.55. The zero-order valence-electron chi connectivity index (χ0n) is 13.5. The van der Waals surface area contributed by atoms with E-state index in [0.29, 0.717) is 0 Å². The van der Waals surface area contributed by atoms with E-state index in [4.69, 9.17) is 4.99 Å². The largest absolute Gasteiger partial charge is 0.279 e. The smallest absolute Gasteiger partial charge is 0.123 e. The Morgan fingerprint density at radius 2 is 1.74 bits per heavy atom. The predicted molar refractivity (Wildman–Crippen MR) is 96.0 cm³/mol. The number of benzene rings is 2. The van der Waals surface area contributed by atoms with E-state index in [1.165, 1.54) is 17.7 Å². The average Bonchev–Trinajstić information content (AvgIpc) is 2.84. The summed E-state index contributed by atoms with van der Waals surface area (Å²) in [7, 11) is 0. The first-order valence-corrected chi connectivity index (χ1v) is 7.83. The fourth-order valence-corrected chi connectivity index (χ4v) is 3.01. The maximum atomic E-state index is 13.2. The minimum absolute atomic E-state index is 0.212. The van der Waals surface area contributed by atoms with Crippen LogP contribution in [-0.4, -0.2) is 11.3 Å². The van der Waals surface area contributed by atoms with E-state index in [1.54, 1.807) is 0 Å². The lowest BCUT2D eigenvalue weighted by molar-refractivity contribution is 0.621. The van der Waals surface area contributed by atoms with Crippen molar-refractivity contribution in [3.8, 4) is 0 Å². The fourth-order valence-electron chi connectivity index (χ4n) is 3.01. The second-order valence-corrected chi connectivity index (χ2v) is 6.11. The number of nitrogens with zero attached hydrogens (tertiary/aromatic N) is 1. The second kappa shape index (κ2) is 6.33. The molecule has 0 bridgehead atoms. The third-order valence-corrected chi connectivity index (χ3v) is 4.14. The molecule has 0 saturated heterocycles. The third-order valence-electron chi connectivity index (χ3n) is 4.14. The Morgan fingerprint density at radius 3 is 2.43 bits per heavy atom. The summed E-state index contributed by atoms with van der Waals surface area (Å²) in [4.78, 5) is 4.81. The number of aliphatic imine (C=N–C) groups is 1. The molecule has 0 saturated carbocycles. The van der Waals surface area contributed by atoms with Crippen molar-refractivity contribution in [2.24, 2.45) is 4.99 Å². The summed E-state index contributed by atoms with van der Waals surface area (Å²) < 4.78 is 13.2. The van der Waals surface area contributed by atoms with Gasteiger partial charge in [-0.2, -0.15) is 0 Å². The molecule has 1 aliphatic rings. The molecule has 1 heterocycles. The molecule has 0 aromatic heterocycles. The van der Waals surface area contributed by atoms with Crippen molar-refractivity contribution in [2.45, 2.75) is 25.8 Å². The van der Waals surface area contributed by atoms with Crippen LogP contribution in [0.1, 0.15) is 31.4 Å². The Kier molecular flexibility index (Phi) is 4.24. The Morgan fingerprint density at radius 1 is 1.04 bits per heavy atom. The van der Waals surface area contributed by atoms with E-state index in [0.717, 1.165) is 23.3 Å². The van der Waals surface area contributed by atoms with Gasteiger partial charge in [0.1, 0.15) is 5.82 Å². The van der Waals surface area contributed by atoms with Crippen molar-refractivity contribution in [3.63, 3.8) is 0 Å². The summed E-state index contributed by atoms with van der Waals surface area (Å²) in [6.07, 6.45) is 7.19. The molecule has 2 heteroatoms. The van der Waals surface area contributed by atoms with Crippen LogP contribution < -0.4 is 0 Å². The normalized spacial score (nSPS) is 20.7. The Labute approximate surface area is 136 Å². The van der Waals surface area contributed by atoms with E-state index < -0.39 is 0 Å². The summed E-state index contributed by atoms with van der Waals surface area (Å²) in [6, 6.07) is 16.9. The SMILES string of the molecule is CC1=NC(C)(C/C=C/c2ccccc2)C(c2ccc(F)cc2)=C1. The highest BCUT2D eigenvalue weighted by atomic mass is 19.1. The maximum Gasteiger partial charge on any atom is 0.123 e. The zero-order valence-corrected chi connectivity index (χ0v) is 13.5. The minimum atomic E-state index is -0.298. The molecule has 0 amide bonds. The van der Waals surface area contributed by atoms with Gasteiger partial charge in [0.05, 0.1) is 5.54 Å². The average molecular weight is 305 g/mol. The van der Waals surface area contributed by atoms with Gasteiger partial charge in [0.25, 0.3) is 0 Å². The molecule has 2 aromatic rings. The van der Waals surface area contributed by atoms with Gasteiger partial charge in [-0.1, -0.05) is 54.6 Å². The quantitative estimate of drug-likeness (QED) is 0.702. The lowest BCUT2D eigenvalue weighted by Gasteiger charge is -2.24. The van der Waals surface area contributed by atoms with Gasteiger partial charge in [-0.3, -0.25) is 4.99 Å². The molecular weight excluding hydrogens is 285 g/mol. The minimum Gasteiger partial charge on any atom is -0.279 e. The Bertz CT molecular complexity index is 769. The molecule has 1 unspecified atom stereocenters. The van der Waals surface area contributed by atoms with Gasteiger partial charge in [-0.05, 0) is 55.2 Å². The van der Waals surface area contributed by atoms with Crippen molar-refractivity contribution in [2.75, 3.05) is 0 Å². The van der Waals surface area contributed by atoms with Gasteiger partial charge in [0.15, 0.2) is 0 Å². The molecule has 1 aliphatic heterocycles. The first kappa shape index (κ1) is 15.4. The van der Waals surface area contributed by atoms with Crippen molar-refractivity contribution < 1.29 is 4.39 Å². The fraction of sp³-hybridized carbons (Fsp3) is 0.190. The van der Waals surface area contributed by atoms with Crippen LogP contribution in [0.2, 0.25) is 0 Å². The molecule has 0 N–H and O–H groups in total. The highest BCUT2D eigenvalue weighted by Crippen LogP contribution is 2.38. The van der Waals surface area contributed by atoms with Crippen molar-refractivity contribution in [1.82, 2.24) is 0 Å². The lowest BCUT2D eigenvalue weighted by atomic mass is 9.85. The molecule has 2 aromatic carbocycles. The first-order valence-electron chi connectivity index (χ1n) is 7.83. The molecule has 0 aliphatic carbocycles. The molecule has 0 radical (unpaired) electrons. The standard InChI is InChI=1S/C21H20FN/c1-16-15-20(18-10-12-19(22)13-11-18)21(2,23-16)14-6-9-17-7-4-3-5-8-17/h3-13,15H,14H2,1-2H3/b9-6+. The molecule has 1 atom stereocenters. The van der Waals surface area contributed by atoms with Crippen LogP contribution in [0.5, 0.6) is 0 Å². The summed E-state index contributed by atoms with van der Waals surface area (Å²) in [6.45, 7) is 4.14. The van der Waals surface area contributed by atoms with E-state index in [9.17, 15) is 4.39 Å². The van der Waals surface area contributed by atoms with E-state index in [1.807, 2.05) is 37.3 Å². The number of halogens is 1. The number of rotatable bonds is 4. The lowest BCUT2D eigenvalue weighted by Crippen LogP contribution is -2.20. The van der Waals surface area contributed by atoms with Gasteiger partial charge in [0, 0.05) is 5.71 Å². The number of hydrogen-bond donors (Lipinski definition) is 0. The number of hydrogen-bond acceptors (Lipinski definition) is 1. The van der Waals surface area contributed by atoms with E-state index >= 15 is 0 Å². The highest BCUT2D eigenvalue weighted by Gasteiger charge is 2.32. The molecule has 0 spiro atoms.